The van der Waals surface area contributed by atoms with Crippen LogP contribution in [0, 0.1) is 0 Å². The molecule has 5 heteroatoms. The average Bonchev–Trinajstić information content (AvgIpc) is 2.50. The predicted molar refractivity (Wildman–Crippen MR) is 94.0 cm³/mol. The second-order valence-electron chi connectivity index (χ2n) is 6.48. The van der Waals surface area contributed by atoms with Crippen LogP contribution in [0.4, 0.5) is 5.69 Å². The van der Waals surface area contributed by atoms with E-state index >= 15 is 0 Å². The Morgan fingerprint density at radius 2 is 2.17 bits per heavy atom. The molecule has 0 radical (unpaired) electrons. The molecule has 1 aromatic heterocycles. The first kappa shape index (κ1) is 16.0. The lowest BCUT2D eigenvalue weighted by atomic mass is 9.96. The second kappa shape index (κ2) is 6.72. The Balaban J connectivity index is 2.09. The van der Waals surface area contributed by atoms with Crippen LogP contribution in [0.3, 0.4) is 0 Å². The number of nitrogens with zero attached hydrogens (tertiary/aromatic N) is 1. The van der Waals surface area contributed by atoms with E-state index in [1.165, 1.54) is 11.3 Å². The molecule has 0 spiro atoms. The Hall–Kier alpha value is -1.85. The minimum atomic E-state index is -0.308. The van der Waals surface area contributed by atoms with Crippen LogP contribution < -0.4 is 22.0 Å². The van der Waals surface area contributed by atoms with Crippen LogP contribution in [0.2, 0.25) is 0 Å². The summed E-state index contributed by atoms with van der Waals surface area (Å²) in [5.41, 5.74) is 15.4. The summed E-state index contributed by atoms with van der Waals surface area (Å²) < 4.78 is 5.46. The molecule has 4 N–H and O–H groups in total. The van der Waals surface area contributed by atoms with Gasteiger partial charge in [0.25, 0.3) is 0 Å². The summed E-state index contributed by atoms with van der Waals surface area (Å²) in [5.74, 6) is 0. The van der Waals surface area contributed by atoms with Crippen molar-refractivity contribution in [1.29, 1.82) is 0 Å². The number of rotatable bonds is 5. The molecule has 0 fully saturated rings. The van der Waals surface area contributed by atoms with E-state index < -0.39 is 0 Å². The lowest BCUT2D eigenvalue weighted by Crippen LogP contribution is -2.31. The molecule has 0 saturated carbocycles. The zero-order valence-corrected chi connectivity index (χ0v) is 13.7. The van der Waals surface area contributed by atoms with Crippen molar-refractivity contribution in [2.45, 2.75) is 38.6 Å². The Bertz CT molecular complexity index is 752. The van der Waals surface area contributed by atoms with Gasteiger partial charge in [0.05, 0.1) is 0 Å². The lowest BCUT2D eigenvalue weighted by Gasteiger charge is -2.31. The van der Waals surface area contributed by atoms with E-state index in [1.54, 1.807) is 6.07 Å². The fourth-order valence-corrected chi connectivity index (χ4v) is 3.41. The average molecular weight is 315 g/mol. The summed E-state index contributed by atoms with van der Waals surface area (Å²) in [7, 11) is 0. The van der Waals surface area contributed by atoms with Gasteiger partial charge in [-0.15, -0.1) is 0 Å². The molecule has 0 saturated heterocycles. The third-order valence-electron chi connectivity index (χ3n) is 4.42. The first-order valence-corrected chi connectivity index (χ1v) is 8.38. The fourth-order valence-electron chi connectivity index (χ4n) is 3.41. The van der Waals surface area contributed by atoms with Gasteiger partial charge < -0.3 is 20.8 Å². The number of nitrogens with two attached hydrogens (primary N) is 2. The van der Waals surface area contributed by atoms with Gasteiger partial charge in [0.15, 0.2) is 0 Å². The molecule has 124 valence electrons. The molecule has 1 atom stereocenters. The highest BCUT2D eigenvalue weighted by Gasteiger charge is 2.19. The molecular weight excluding hydrogens is 290 g/mol. The summed E-state index contributed by atoms with van der Waals surface area (Å²) >= 11 is 0. The number of benzene rings is 1. The van der Waals surface area contributed by atoms with Gasteiger partial charge in [0.2, 0.25) is 0 Å². The van der Waals surface area contributed by atoms with Crippen molar-refractivity contribution < 1.29 is 4.42 Å². The van der Waals surface area contributed by atoms with Crippen molar-refractivity contribution in [3.05, 3.63) is 39.7 Å². The topological polar surface area (TPSA) is 85.5 Å². The number of hydrogen-bond donors (Lipinski definition) is 2. The maximum Gasteiger partial charge on any atom is 0.336 e. The number of hydrogen-bond acceptors (Lipinski definition) is 5. The Morgan fingerprint density at radius 1 is 1.35 bits per heavy atom. The van der Waals surface area contributed by atoms with Crippen LogP contribution in [0.15, 0.2) is 27.4 Å². The van der Waals surface area contributed by atoms with Crippen molar-refractivity contribution in [1.82, 2.24) is 0 Å². The van der Waals surface area contributed by atoms with Crippen LogP contribution in [0.5, 0.6) is 0 Å². The van der Waals surface area contributed by atoms with Crippen LogP contribution >= 0.6 is 0 Å². The number of fused-ring (bicyclic) bond motifs is 2. The molecule has 2 aromatic rings. The molecule has 0 aliphatic carbocycles. The maximum atomic E-state index is 11.9. The quantitative estimate of drug-likeness (QED) is 0.822. The van der Waals surface area contributed by atoms with Crippen LogP contribution in [-0.2, 0) is 12.8 Å². The largest absolute Gasteiger partial charge is 0.423 e. The minimum Gasteiger partial charge on any atom is -0.423 e. The van der Waals surface area contributed by atoms with E-state index in [4.69, 9.17) is 15.9 Å². The molecule has 0 bridgehead atoms. The van der Waals surface area contributed by atoms with Gasteiger partial charge >= 0.3 is 5.63 Å². The van der Waals surface area contributed by atoms with Crippen LogP contribution in [0.1, 0.15) is 30.9 Å². The molecular formula is C18H25N3O2. The lowest BCUT2D eigenvalue weighted by molar-refractivity contribution is 0.556. The third kappa shape index (κ3) is 3.41. The van der Waals surface area contributed by atoms with Crippen molar-refractivity contribution in [3.63, 3.8) is 0 Å². The monoisotopic (exact) mass is 315 g/mol. The first-order valence-electron chi connectivity index (χ1n) is 8.38. The fraction of sp³-hybridized carbons (Fsp3) is 0.500. The Kier molecular flexibility index (Phi) is 4.68. The zero-order chi connectivity index (χ0) is 16.4. The van der Waals surface area contributed by atoms with Gasteiger partial charge in [-0.3, -0.25) is 0 Å². The molecule has 0 amide bonds. The smallest absolute Gasteiger partial charge is 0.336 e. The van der Waals surface area contributed by atoms with Crippen LogP contribution in [-0.4, -0.2) is 25.7 Å². The van der Waals surface area contributed by atoms with Crippen LogP contribution in [0.25, 0.3) is 11.0 Å². The molecule has 1 aromatic carbocycles. The molecule has 1 unspecified atom stereocenters. The van der Waals surface area contributed by atoms with E-state index in [0.717, 1.165) is 43.3 Å². The first-order chi connectivity index (χ1) is 11.1. The molecule has 3 rings (SSSR count). The van der Waals surface area contributed by atoms with E-state index in [0.29, 0.717) is 18.5 Å². The Morgan fingerprint density at radius 3 is 2.91 bits per heavy atom. The van der Waals surface area contributed by atoms with Gasteiger partial charge in [-0.05, 0) is 56.3 Å². The van der Waals surface area contributed by atoms with Gasteiger partial charge in [-0.2, -0.15) is 0 Å². The number of aryl methyl sites for hydroxylation is 1. The zero-order valence-electron chi connectivity index (χ0n) is 13.7. The summed E-state index contributed by atoms with van der Waals surface area (Å²) in [6.07, 6.45) is 3.84. The SMILES string of the molecule is CC(N)Cc1cc(=O)oc2cc3c(cc12)CCCN3CCCN. The third-order valence-corrected chi connectivity index (χ3v) is 4.42. The van der Waals surface area contributed by atoms with Crippen molar-refractivity contribution in [2.75, 3.05) is 24.5 Å². The van der Waals surface area contributed by atoms with Crippen molar-refractivity contribution in [2.24, 2.45) is 11.5 Å². The van der Waals surface area contributed by atoms with Gasteiger partial charge in [0, 0.05) is 42.3 Å². The van der Waals surface area contributed by atoms with E-state index in [1.807, 2.05) is 13.0 Å². The summed E-state index contributed by atoms with van der Waals surface area (Å²) in [6.45, 7) is 4.61. The molecule has 1 aliphatic rings. The predicted octanol–water partition coefficient (Wildman–Crippen LogP) is 1.78. The van der Waals surface area contributed by atoms with E-state index in [2.05, 4.69) is 11.0 Å². The summed E-state index contributed by atoms with van der Waals surface area (Å²) in [4.78, 5) is 14.2. The van der Waals surface area contributed by atoms with E-state index in [9.17, 15) is 4.79 Å². The minimum absolute atomic E-state index is 0.0112. The molecule has 2 heterocycles. The molecule has 5 nitrogen and oxygen atoms in total. The Labute approximate surface area is 136 Å². The number of anilines is 1. The van der Waals surface area contributed by atoms with Gasteiger partial charge in [-0.25, -0.2) is 4.79 Å². The molecule has 1 aliphatic heterocycles. The van der Waals surface area contributed by atoms with Crippen molar-refractivity contribution >= 4 is 16.7 Å². The van der Waals surface area contributed by atoms with Gasteiger partial charge in [0.1, 0.15) is 5.58 Å². The highest BCUT2D eigenvalue weighted by Crippen LogP contribution is 2.32. The second-order valence-corrected chi connectivity index (χ2v) is 6.48. The van der Waals surface area contributed by atoms with Crippen molar-refractivity contribution in [3.8, 4) is 0 Å². The maximum absolute atomic E-state index is 11.9. The summed E-state index contributed by atoms with van der Waals surface area (Å²) in [5, 5.41) is 1.02. The van der Waals surface area contributed by atoms with E-state index in [-0.39, 0.29) is 11.7 Å². The highest BCUT2D eigenvalue weighted by molar-refractivity contribution is 5.86. The van der Waals surface area contributed by atoms with Gasteiger partial charge in [-0.1, -0.05) is 0 Å². The molecule has 23 heavy (non-hydrogen) atoms. The highest BCUT2D eigenvalue weighted by atomic mass is 16.4. The standard InChI is InChI=1S/C18H25N3O2/c1-12(20)8-14-10-18(22)23-17-11-16-13(9-15(14)17)4-2-6-21(16)7-3-5-19/h9-12H,2-8,19-20H2,1H3. The summed E-state index contributed by atoms with van der Waals surface area (Å²) in [6, 6.07) is 5.79. The normalized spacial score (nSPS) is 15.7.